The minimum absolute atomic E-state index is 0.176. The Morgan fingerprint density at radius 3 is 2.64 bits per heavy atom. The van der Waals surface area contributed by atoms with Gasteiger partial charge >= 0.3 is 0 Å². The zero-order chi connectivity index (χ0) is 18.0. The van der Waals surface area contributed by atoms with Crippen molar-refractivity contribution in [1.82, 2.24) is 0 Å². The molecule has 0 aliphatic carbocycles. The molecule has 5 nitrogen and oxygen atoms in total. The SMILES string of the molecule is COc1cc(OC)c(NC(=O)C2COc3ccc(Cl)cc3C2)cc1Cl. The minimum Gasteiger partial charge on any atom is -0.495 e. The molecule has 1 N–H and O–H groups in total. The summed E-state index contributed by atoms with van der Waals surface area (Å²) in [6.45, 7) is 0.298. The van der Waals surface area contributed by atoms with Gasteiger partial charge in [-0.25, -0.2) is 0 Å². The first-order valence-electron chi connectivity index (χ1n) is 7.65. The maximum absolute atomic E-state index is 12.6. The molecular formula is C18H17Cl2NO4. The van der Waals surface area contributed by atoms with E-state index in [4.69, 9.17) is 37.4 Å². The van der Waals surface area contributed by atoms with Crippen LogP contribution < -0.4 is 19.5 Å². The number of benzene rings is 2. The van der Waals surface area contributed by atoms with E-state index in [2.05, 4.69) is 5.32 Å². The molecule has 7 heteroatoms. The van der Waals surface area contributed by atoms with E-state index in [1.165, 1.54) is 14.2 Å². The summed E-state index contributed by atoms with van der Waals surface area (Å²) in [7, 11) is 3.03. The Hall–Kier alpha value is -2.11. The average molecular weight is 382 g/mol. The second-order valence-electron chi connectivity index (χ2n) is 5.64. The molecule has 132 valence electrons. The summed E-state index contributed by atoms with van der Waals surface area (Å²) in [6, 6.07) is 8.64. The van der Waals surface area contributed by atoms with Crippen LogP contribution in [0.25, 0.3) is 0 Å². The molecule has 0 fully saturated rings. The van der Waals surface area contributed by atoms with Crippen LogP contribution in [0.2, 0.25) is 10.0 Å². The van der Waals surface area contributed by atoms with Crippen LogP contribution in [0.1, 0.15) is 5.56 Å². The van der Waals surface area contributed by atoms with Crippen LogP contribution in [-0.4, -0.2) is 26.7 Å². The first-order chi connectivity index (χ1) is 12.0. The number of amides is 1. The number of fused-ring (bicyclic) bond motifs is 1. The molecule has 1 aliphatic rings. The van der Waals surface area contributed by atoms with Gasteiger partial charge in [-0.05, 0) is 36.2 Å². The lowest BCUT2D eigenvalue weighted by atomic mass is 9.96. The van der Waals surface area contributed by atoms with Gasteiger partial charge in [0.1, 0.15) is 23.9 Å². The molecule has 2 aromatic rings. The van der Waals surface area contributed by atoms with Gasteiger partial charge in [-0.15, -0.1) is 0 Å². The van der Waals surface area contributed by atoms with Crippen LogP contribution in [0.4, 0.5) is 5.69 Å². The quantitative estimate of drug-likeness (QED) is 0.861. The second-order valence-corrected chi connectivity index (χ2v) is 6.48. The van der Waals surface area contributed by atoms with Crippen LogP contribution in [0.5, 0.6) is 17.2 Å². The molecule has 2 aromatic carbocycles. The van der Waals surface area contributed by atoms with Gasteiger partial charge in [0.05, 0.1) is 30.8 Å². The van der Waals surface area contributed by atoms with Gasteiger partial charge in [0.15, 0.2) is 0 Å². The van der Waals surface area contributed by atoms with Crippen LogP contribution in [-0.2, 0) is 11.2 Å². The molecule has 1 amide bonds. The number of ether oxygens (including phenoxy) is 3. The van der Waals surface area contributed by atoms with Crippen molar-refractivity contribution in [3.05, 3.63) is 45.9 Å². The molecule has 0 aromatic heterocycles. The lowest BCUT2D eigenvalue weighted by molar-refractivity contribution is -0.121. The fourth-order valence-corrected chi connectivity index (χ4v) is 3.16. The average Bonchev–Trinajstić information content (AvgIpc) is 2.61. The molecule has 1 heterocycles. The maximum atomic E-state index is 12.6. The van der Waals surface area contributed by atoms with Crippen LogP contribution in [0, 0.1) is 5.92 Å². The van der Waals surface area contributed by atoms with Gasteiger partial charge in [0.2, 0.25) is 5.91 Å². The largest absolute Gasteiger partial charge is 0.495 e. The van der Waals surface area contributed by atoms with E-state index in [0.29, 0.717) is 40.3 Å². The van der Waals surface area contributed by atoms with Crippen molar-refractivity contribution in [3.63, 3.8) is 0 Å². The summed E-state index contributed by atoms with van der Waals surface area (Å²) >= 11 is 12.2. The zero-order valence-corrected chi connectivity index (χ0v) is 15.3. The number of hydrogen-bond acceptors (Lipinski definition) is 4. The van der Waals surface area contributed by atoms with Gasteiger partial charge in [-0.1, -0.05) is 23.2 Å². The first kappa shape index (κ1) is 17.7. The van der Waals surface area contributed by atoms with Crippen molar-refractivity contribution >= 4 is 34.8 Å². The summed E-state index contributed by atoms with van der Waals surface area (Å²) in [5.41, 5.74) is 1.40. The molecule has 3 rings (SSSR count). The second kappa shape index (κ2) is 7.42. The molecular weight excluding hydrogens is 365 g/mol. The van der Waals surface area contributed by atoms with Gasteiger partial charge in [-0.3, -0.25) is 4.79 Å². The van der Waals surface area contributed by atoms with E-state index >= 15 is 0 Å². The molecule has 1 unspecified atom stereocenters. The molecule has 0 radical (unpaired) electrons. The number of halogens is 2. The molecule has 0 spiro atoms. The van der Waals surface area contributed by atoms with E-state index in [-0.39, 0.29) is 11.8 Å². The Morgan fingerprint density at radius 2 is 1.92 bits per heavy atom. The fraction of sp³-hybridized carbons (Fsp3) is 0.278. The third kappa shape index (κ3) is 3.78. The fourth-order valence-electron chi connectivity index (χ4n) is 2.72. The highest BCUT2D eigenvalue weighted by atomic mass is 35.5. The number of hydrogen-bond donors (Lipinski definition) is 1. The Labute approximate surface area is 155 Å². The Morgan fingerprint density at radius 1 is 1.16 bits per heavy atom. The normalized spacial score (nSPS) is 15.8. The highest BCUT2D eigenvalue weighted by Gasteiger charge is 2.27. The van der Waals surface area contributed by atoms with Crippen molar-refractivity contribution in [2.75, 3.05) is 26.1 Å². The summed E-state index contributed by atoms with van der Waals surface area (Å²) in [6.07, 6.45) is 0.550. The van der Waals surface area contributed by atoms with Crippen molar-refractivity contribution in [2.45, 2.75) is 6.42 Å². The number of carbonyl (C=O) groups excluding carboxylic acids is 1. The molecule has 1 aliphatic heterocycles. The van der Waals surface area contributed by atoms with Crippen LogP contribution >= 0.6 is 23.2 Å². The highest BCUT2D eigenvalue weighted by molar-refractivity contribution is 6.32. The standard InChI is InChI=1S/C18H17Cl2NO4/c1-23-16-8-17(24-2)14(7-13(16)20)21-18(22)11-5-10-6-12(19)3-4-15(10)25-9-11/h3-4,6-8,11H,5,9H2,1-2H3,(H,21,22). The number of anilines is 1. The molecule has 0 saturated carbocycles. The van der Waals surface area contributed by atoms with Crippen molar-refractivity contribution in [2.24, 2.45) is 5.92 Å². The van der Waals surface area contributed by atoms with Crippen LogP contribution in [0.3, 0.4) is 0 Å². The Kier molecular flexibility index (Phi) is 5.25. The van der Waals surface area contributed by atoms with Crippen molar-refractivity contribution in [3.8, 4) is 17.2 Å². The summed E-state index contributed by atoms with van der Waals surface area (Å²) in [4.78, 5) is 12.6. The Balaban J connectivity index is 1.78. The first-order valence-corrected chi connectivity index (χ1v) is 8.41. The minimum atomic E-state index is -0.337. The summed E-state index contributed by atoms with van der Waals surface area (Å²) < 4.78 is 16.1. The Bertz CT molecular complexity index is 810. The molecule has 0 bridgehead atoms. The molecule has 1 atom stereocenters. The monoisotopic (exact) mass is 381 g/mol. The third-order valence-corrected chi connectivity index (χ3v) is 4.56. The van der Waals surface area contributed by atoms with E-state index < -0.39 is 0 Å². The van der Waals surface area contributed by atoms with E-state index in [9.17, 15) is 4.79 Å². The smallest absolute Gasteiger partial charge is 0.231 e. The lowest BCUT2D eigenvalue weighted by Crippen LogP contribution is -2.32. The summed E-state index contributed by atoms with van der Waals surface area (Å²) in [5, 5.41) is 3.85. The zero-order valence-electron chi connectivity index (χ0n) is 13.8. The number of carbonyl (C=O) groups is 1. The van der Waals surface area contributed by atoms with Gasteiger partial charge < -0.3 is 19.5 Å². The van der Waals surface area contributed by atoms with Gasteiger partial charge in [0, 0.05) is 11.1 Å². The van der Waals surface area contributed by atoms with E-state index in [1.54, 1.807) is 18.2 Å². The number of rotatable bonds is 4. The van der Waals surface area contributed by atoms with Crippen molar-refractivity contribution in [1.29, 1.82) is 0 Å². The van der Waals surface area contributed by atoms with Gasteiger partial charge in [0.25, 0.3) is 0 Å². The van der Waals surface area contributed by atoms with Crippen LogP contribution in [0.15, 0.2) is 30.3 Å². The topological polar surface area (TPSA) is 56.8 Å². The van der Waals surface area contributed by atoms with E-state index in [0.717, 1.165) is 11.3 Å². The summed E-state index contributed by atoms with van der Waals surface area (Å²) in [5.74, 6) is 1.19. The maximum Gasteiger partial charge on any atom is 0.231 e. The predicted molar refractivity (Wildman–Crippen MR) is 97.3 cm³/mol. The lowest BCUT2D eigenvalue weighted by Gasteiger charge is -2.25. The highest BCUT2D eigenvalue weighted by Crippen LogP contribution is 2.36. The number of nitrogens with one attached hydrogen (secondary N) is 1. The number of methoxy groups -OCH3 is 2. The molecule has 25 heavy (non-hydrogen) atoms. The predicted octanol–water partition coefficient (Wildman–Crippen LogP) is 4.20. The van der Waals surface area contributed by atoms with Crippen molar-refractivity contribution < 1.29 is 19.0 Å². The third-order valence-electron chi connectivity index (χ3n) is 4.03. The van der Waals surface area contributed by atoms with E-state index in [1.807, 2.05) is 12.1 Å². The van der Waals surface area contributed by atoms with Gasteiger partial charge in [-0.2, -0.15) is 0 Å². The molecule has 0 saturated heterocycles.